The summed E-state index contributed by atoms with van der Waals surface area (Å²) in [6.07, 6.45) is 2.95. The number of carbonyl (C=O) groups is 1. The second-order valence-electron chi connectivity index (χ2n) is 7.24. The normalized spacial score (nSPS) is 17.5. The van der Waals surface area contributed by atoms with Gasteiger partial charge in [0.2, 0.25) is 5.91 Å². The van der Waals surface area contributed by atoms with Crippen LogP contribution in [0.15, 0.2) is 0 Å². The Balaban J connectivity index is 2.24. The molecule has 1 rings (SSSR count). The molecular formula is C17H35N3O. The molecule has 1 aliphatic rings. The van der Waals surface area contributed by atoms with Crippen LogP contribution in [0, 0.1) is 5.92 Å². The zero-order valence-electron chi connectivity index (χ0n) is 14.7. The van der Waals surface area contributed by atoms with E-state index in [2.05, 4.69) is 49.7 Å². The minimum absolute atomic E-state index is 0.0943. The van der Waals surface area contributed by atoms with Crippen molar-refractivity contribution in [1.82, 2.24) is 15.1 Å². The first kappa shape index (κ1) is 18.4. The van der Waals surface area contributed by atoms with Crippen LogP contribution in [0.4, 0.5) is 0 Å². The lowest BCUT2D eigenvalue weighted by Gasteiger charge is -2.34. The van der Waals surface area contributed by atoms with Crippen LogP contribution in [0.25, 0.3) is 0 Å². The summed E-state index contributed by atoms with van der Waals surface area (Å²) < 4.78 is 0. The molecule has 4 heteroatoms. The summed E-state index contributed by atoms with van der Waals surface area (Å²) in [4.78, 5) is 16.8. The van der Waals surface area contributed by atoms with Crippen LogP contribution in [0.5, 0.6) is 0 Å². The fraction of sp³-hybridized carbons (Fsp3) is 0.941. The molecule has 1 heterocycles. The lowest BCUT2D eigenvalue weighted by molar-refractivity contribution is -0.132. The van der Waals surface area contributed by atoms with Gasteiger partial charge in [0, 0.05) is 38.1 Å². The first-order valence-electron chi connectivity index (χ1n) is 8.60. The molecule has 1 saturated heterocycles. The van der Waals surface area contributed by atoms with Gasteiger partial charge in [-0.1, -0.05) is 13.8 Å². The van der Waals surface area contributed by atoms with Crippen LogP contribution in [-0.4, -0.2) is 60.5 Å². The summed E-state index contributed by atoms with van der Waals surface area (Å²) in [7, 11) is 0. The van der Waals surface area contributed by atoms with Gasteiger partial charge in [-0.05, 0) is 52.6 Å². The molecule has 0 radical (unpaired) electrons. The highest BCUT2D eigenvalue weighted by Gasteiger charge is 2.23. The summed E-state index contributed by atoms with van der Waals surface area (Å²) in [6.45, 7) is 17.0. The Hall–Kier alpha value is -0.610. The minimum atomic E-state index is 0.0943. The van der Waals surface area contributed by atoms with Crippen molar-refractivity contribution >= 4 is 5.91 Å². The number of rotatable bonds is 7. The van der Waals surface area contributed by atoms with E-state index in [4.69, 9.17) is 0 Å². The van der Waals surface area contributed by atoms with Crippen molar-refractivity contribution in [3.05, 3.63) is 0 Å². The van der Waals surface area contributed by atoms with Crippen molar-refractivity contribution in [2.45, 2.75) is 59.4 Å². The van der Waals surface area contributed by atoms with E-state index in [9.17, 15) is 4.79 Å². The van der Waals surface area contributed by atoms with E-state index in [1.54, 1.807) is 0 Å². The van der Waals surface area contributed by atoms with Gasteiger partial charge in [0.15, 0.2) is 0 Å². The van der Waals surface area contributed by atoms with Crippen LogP contribution < -0.4 is 5.32 Å². The Morgan fingerprint density at radius 3 is 2.24 bits per heavy atom. The standard InChI is InChI=1S/C17H35N3O/c1-6-19(7-2)14-15-9-12-20(13-10-15)16(21)8-11-18-17(3,4)5/h15,18H,6-14H2,1-5H3. The molecular weight excluding hydrogens is 262 g/mol. The van der Waals surface area contributed by atoms with E-state index in [0.717, 1.165) is 51.5 Å². The van der Waals surface area contributed by atoms with Gasteiger partial charge in [0.05, 0.1) is 0 Å². The van der Waals surface area contributed by atoms with Crippen molar-refractivity contribution in [2.24, 2.45) is 5.92 Å². The third-order valence-corrected chi connectivity index (χ3v) is 4.37. The predicted molar refractivity (Wildman–Crippen MR) is 89.5 cm³/mol. The van der Waals surface area contributed by atoms with E-state index >= 15 is 0 Å². The fourth-order valence-electron chi connectivity index (χ4n) is 2.91. The molecule has 21 heavy (non-hydrogen) atoms. The molecule has 124 valence electrons. The molecule has 1 fully saturated rings. The molecule has 4 nitrogen and oxygen atoms in total. The summed E-state index contributed by atoms with van der Waals surface area (Å²) in [5.74, 6) is 1.08. The molecule has 0 atom stereocenters. The van der Waals surface area contributed by atoms with Gasteiger partial charge >= 0.3 is 0 Å². The van der Waals surface area contributed by atoms with Crippen LogP contribution in [-0.2, 0) is 4.79 Å². The molecule has 0 unspecified atom stereocenters. The average molecular weight is 297 g/mol. The van der Waals surface area contributed by atoms with Crippen molar-refractivity contribution in [3.63, 3.8) is 0 Å². The van der Waals surface area contributed by atoms with Crippen molar-refractivity contribution < 1.29 is 4.79 Å². The van der Waals surface area contributed by atoms with Crippen LogP contribution in [0.3, 0.4) is 0 Å². The zero-order valence-corrected chi connectivity index (χ0v) is 14.7. The Labute approximate surface area is 131 Å². The zero-order chi connectivity index (χ0) is 15.9. The molecule has 0 aromatic heterocycles. The third-order valence-electron chi connectivity index (χ3n) is 4.37. The number of carbonyl (C=O) groups excluding carboxylic acids is 1. The predicted octanol–water partition coefficient (Wildman–Crippen LogP) is 2.34. The van der Waals surface area contributed by atoms with Crippen LogP contribution in [0.1, 0.15) is 53.9 Å². The number of hydrogen-bond acceptors (Lipinski definition) is 3. The van der Waals surface area contributed by atoms with Gasteiger partial charge in [-0.2, -0.15) is 0 Å². The summed E-state index contributed by atoms with van der Waals surface area (Å²) in [5, 5.41) is 3.39. The number of nitrogens with one attached hydrogen (secondary N) is 1. The topological polar surface area (TPSA) is 35.6 Å². The van der Waals surface area contributed by atoms with Gasteiger partial charge in [0.25, 0.3) is 0 Å². The smallest absolute Gasteiger partial charge is 0.223 e. The Morgan fingerprint density at radius 2 is 1.76 bits per heavy atom. The highest BCUT2D eigenvalue weighted by molar-refractivity contribution is 5.76. The van der Waals surface area contributed by atoms with Gasteiger partial charge in [-0.3, -0.25) is 4.79 Å². The maximum Gasteiger partial charge on any atom is 0.223 e. The summed E-state index contributed by atoms with van der Waals surface area (Å²) in [5.41, 5.74) is 0.0943. The molecule has 1 aliphatic heterocycles. The van der Waals surface area contributed by atoms with Gasteiger partial charge in [-0.15, -0.1) is 0 Å². The van der Waals surface area contributed by atoms with Crippen LogP contribution in [0.2, 0.25) is 0 Å². The second-order valence-corrected chi connectivity index (χ2v) is 7.24. The highest BCUT2D eigenvalue weighted by Crippen LogP contribution is 2.19. The molecule has 0 aliphatic carbocycles. The van der Waals surface area contributed by atoms with Gasteiger partial charge in [0.1, 0.15) is 0 Å². The van der Waals surface area contributed by atoms with E-state index in [0.29, 0.717) is 12.3 Å². The molecule has 0 bridgehead atoms. The number of amides is 1. The third kappa shape index (κ3) is 7.28. The second kappa shape index (κ2) is 8.74. The number of hydrogen-bond donors (Lipinski definition) is 1. The monoisotopic (exact) mass is 297 g/mol. The number of piperidine rings is 1. The van der Waals surface area contributed by atoms with E-state index in [-0.39, 0.29) is 5.54 Å². The minimum Gasteiger partial charge on any atom is -0.343 e. The lowest BCUT2D eigenvalue weighted by Crippen LogP contribution is -2.43. The summed E-state index contributed by atoms with van der Waals surface area (Å²) in [6, 6.07) is 0. The van der Waals surface area contributed by atoms with E-state index in [1.807, 2.05) is 0 Å². The van der Waals surface area contributed by atoms with Crippen molar-refractivity contribution in [1.29, 1.82) is 0 Å². The maximum absolute atomic E-state index is 12.2. The average Bonchev–Trinajstić information content (AvgIpc) is 2.44. The summed E-state index contributed by atoms with van der Waals surface area (Å²) >= 11 is 0. The fourth-order valence-corrected chi connectivity index (χ4v) is 2.91. The Bertz CT molecular complexity index is 300. The number of nitrogens with zero attached hydrogens (tertiary/aromatic N) is 2. The molecule has 1 amide bonds. The van der Waals surface area contributed by atoms with Gasteiger partial charge < -0.3 is 15.1 Å². The maximum atomic E-state index is 12.2. The highest BCUT2D eigenvalue weighted by atomic mass is 16.2. The molecule has 1 N–H and O–H groups in total. The number of likely N-dealkylation sites (tertiary alicyclic amines) is 1. The Kier molecular flexibility index (Phi) is 7.67. The SMILES string of the molecule is CCN(CC)CC1CCN(C(=O)CCNC(C)(C)C)CC1. The largest absolute Gasteiger partial charge is 0.343 e. The van der Waals surface area contributed by atoms with Crippen molar-refractivity contribution in [2.75, 3.05) is 39.3 Å². The molecule has 0 aromatic rings. The molecule has 0 aromatic carbocycles. The van der Waals surface area contributed by atoms with Gasteiger partial charge in [-0.25, -0.2) is 0 Å². The first-order valence-corrected chi connectivity index (χ1v) is 8.60. The van der Waals surface area contributed by atoms with E-state index in [1.165, 1.54) is 6.54 Å². The van der Waals surface area contributed by atoms with E-state index < -0.39 is 0 Å². The molecule has 0 saturated carbocycles. The van der Waals surface area contributed by atoms with Crippen LogP contribution >= 0.6 is 0 Å². The lowest BCUT2D eigenvalue weighted by atomic mass is 9.96. The van der Waals surface area contributed by atoms with Crippen molar-refractivity contribution in [3.8, 4) is 0 Å². The Morgan fingerprint density at radius 1 is 1.19 bits per heavy atom. The quantitative estimate of drug-likeness (QED) is 0.783. The molecule has 0 spiro atoms. The first-order chi connectivity index (χ1) is 9.85.